The molecule has 1 amide bonds. The van der Waals surface area contributed by atoms with Gasteiger partial charge >= 0.3 is 5.97 Å². The van der Waals surface area contributed by atoms with Gasteiger partial charge in [-0.05, 0) is 32.4 Å². The highest BCUT2D eigenvalue weighted by atomic mass is 32.2. The van der Waals surface area contributed by atoms with Crippen molar-refractivity contribution in [3.8, 4) is 0 Å². The number of piperidine rings is 1. The number of carbonyl (C=O) groups is 2. The summed E-state index contributed by atoms with van der Waals surface area (Å²) in [6.07, 6.45) is 2.57. The predicted octanol–water partition coefficient (Wildman–Crippen LogP) is 0.451. The largest absolute Gasteiger partial charge is 0.480 e. The summed E-state index contributed by atoms with van der Waals surface area (Å²) in [6, 6.07) is -0.754. The molecule has 1 fully saturated rings. The van der Waals surface area contributed by atoms with E-state index < -0.39 is 12.0 Å². The van der Waals surface area contributed by atoms with Crippen molar-refractivity contribution in [3.05, 3.63) is 0 Å². The summed E-state index contributed by atoms with van der Waals surface area (Å²) >= 11 is 1.62. The fourth-order valence-electron chi connectivity index (χ4n) is 1.73. The van der Waals surface area contributed by atoms with E-state index in [0.717, 1.165) is 25.9 Å². The van der Waals surface area contributed by atoms with E-state index in [1.54, 1.807) is 18.7 Å². The number of rotatable bonds is 6. The zero-order valence-electron chi connectivity index (χ0n) is 10.1. The number of carboxylic acids is 1. The maximum Gasteiger partial charge on any atom is 0.326 e. The Morgan fingerprint density at radius 2 is 2.12 bits per heavy atom. The molecule has 3 N–H and O–H groups in total. The van der Waals surface area contributed by atoms with E-state index in [9.17, 15) is 9.59 Å². The summed E-state index contributed by atoms with van der Waals surface area (Å²) in [5.74, 6) is -0.787. The Morgan fingerprint density at radius 1 is 1.47 bits per heavy atom. The molecule has 17 heavy (non-hydrogen) atoms. The van der Waals surface area contributed by atoms with Crippen LogP contribution in [0.5, 0.6) is 0 Å². The highest BCUT2D eigenvalue weighted by molar-refractivity contribution is 8.00. The first kappa shape index (κ1) is 14.3. The lowest BCUT2D eigenvalue weighted by atomic mass is 10.2. The smallest absolute Gasteiger partial charge is 0.326 e. The summed E-state index contributed by atoms with van der Waals surface area (Å²) in [5, 5.41) is 15.1. The van der Waals surface area contributed by atoms with Gasteiger partial charge < -0.3 is 15.7 Å². The van der Waals surface area contributed by atoms with Crippen molar-refractivity contribution in [2.75, 3.05) is 18.8 Å². The van der Waals surface area contributed by atoms with Gasteiger partial charge in [0.2, 0.25) is 5.91 Å². The van der Waals surface area contributed by atoms with E-state index >= 15 is 0 Å². The van der Waals surface area contributed by atoms with Crippen molar-refractivity contribution < 1.29 is 14.7 Å². The molecule has 98 valence electrons. The summed E-state index contributed by atoms with van der Waals surface area (Å²) in [6.45, 7) is 3.76. The lowest BCUT2D eigenvalue weighted by Crippen LogP contribution is -2.41. The van der Waals surface area contributed by atoms with Gasteiger partial charge in [-0.3, -0.25) is 4.79 Å². The van der Waals surface area contributed by atoms with Gasteiger partial charge in [0, 0.05) is 5.25 Å². The van der Waals surface area contributed by atoms with E-state index in [4.69, 9.17) is 5.11 Å². The van der Waals surface area contributed by atoms with Crippen molar-refractivity contribution >= 4 is 23.6 Å². The zero-order chi connectivity index (χ0) is 12.7. The Balaban J connectivity index is 2.21. The lowest BCUT2D eigenvalue weighted by Gasteiger charge is -2.22. The molecule has 5 nitrogen and oxygen atoms in total. The average Bonchev–Trinajstić information content (AvgIpc) is 2.34. The Kier molecular flexibility index (Phi) is 6.36. The Hall–Kier alpha value is -0.750. The molecule has 0 aliphatic carbocycles. The number of carbonyl (C=O) groups excluding carboxylic acids is 1. The van der Waals surface area contributed by atoms with E-state index in [0.29, 0.717) is 17.4 Å². The van der Waals surface area contributed by atoms with Crippen molar-refractivity contribution in [1.82, 2.24) is 10.6 Å². The van der Waals surface area contributed by atoms with Crippen LogP contribution in [0.2, 0.25) is 0 Å². The molecule has 0 aromatic carbocycles. The number of amides is 1. The molecule has 1 aliphatic heterocycles. The third kappa shape index (κ3) is 5.41. The first-order valence-electron chi connectivity index (χ1n) is 5.98. The van der Waals surface area contributed by atoms with Crippen LogP contribution in [0, 0.1) is 0 Å². The summed E-state index contributed by atoms with van der Waals surface area (Å²) in [7, 11) is 0. The van der Waals surface area contributed by atoms with Crippen molar-refractivity contribution in [2.24, 2.45) is 0 Å². The molecule has 1 atom stereocenters. The van der Waals surface area contributed by atoms with Gasteiger partial charge in [0.25, 0.3) is 0 Å². The van der Waals surface area contributed by atoms with Crippen LogP contribution < -0.4 is 10.6 Å². The Labute approximate surface area is 106 Å². The van der Waals surface area contributed by atoms with Crippen molar-refractivity contribution in [2.45, 2.75) is 37.5 Å². The van der Waals surface area contributed by atoms with Crippen LogP contribution in [-0.2, 0) is 9.59 Å². The van der Waals surface area contributed by atoms with E-state index in [1.165, 1.54) is 0 Å². The molecular formula is C11H20N2O3S. The Morgan fingerprint density at radius 3 is 2.65 bits per heavy atom. The van der Waals surface area contributed by atoms with Gasteiger partial charge in [0.1, 0.15) is 6.04 Å². The third-order valence-electron chi connectivity index (χ3n) is 2.78. The molecule has 0 radical (unpaired) electrons. The van der Waals surface area contributed by atoms with Crippen molar-refractivity contribution in [1.29, 1.82) is 0 Å². The van der Waals surface area contributed by atoms with Crippen LogP contribution >= 0.6 is 11.8 Å². The molecule has 0 bridgehead atoms. The first-order valence-corrected chi connectivity index (χ1v) is 7.02. The number of aliphatic carboxylic acids is 1. The third-order valence-corrected chi connectivity index (χ3v) is 4.15. The summed E-state index contributed by atoms with van der Waals surface area (Å²) in [4.78, 5) is 22.3. The van der Waals surface area contributed by atoms with Crippen LogP contribution in [0.3, 0.4) is 0 Å². The van der Waals surface area contributed by atoms with Gasteiger partial charge in [-0.2, -0.15) is 0 Å². The molecule has 1 unspecified atom stereocenters. The quantitative estimate of drug-likeness (QED) is 0.646. The molecule has 1 saturated heterocycles. The maximum atomic E-state index is 11.5. The normalized spacial score (nSPS) is 18.6. The van der Waals surface area contributed by atoms with E-state index in [2.05, 4.69) is 10.6 Å². The van der Waals surface area contributed by atoms with Crippen LogP contribution in [-0.4, -0.2) is 47.1 Å². The number of thioether (sulfide) groups is 1. The minimum atomic E-state index is -0.965. The van der Waals surface area contributed by atoms with Gasteiger partial charge in [-0.25, -0.2) is 4.79 Å². The number of hydrogen-bond donors (Lipinski definition) is 3. The van der Waals surface area contributed by atoms with Crippen LogP contribution in [0.1, 0.15) is 26.2 Å². The fourth-order valence-corrected chi connectivity index (χ4v) is 2.77. The van der Waals surface area contributed by atoms with Gasteiger partial charge in [-0.15, -0.1) is 11.8 Å². The minimum Gasteiger partial charge on any atom is -0.480 e. The fraction of sp³-hybridized carbons (Fsp3) is 0.818. The second kappa shape index (κ2) is 7.55. The second-order valence-electron chi connectivity index (χ2n) is 4.13. The van der Waals surface area contributed by atoms with Crippen LogP contribution in [0.25, 0.3) is 0 Å². The first-order chi connectivity index (χ1) is 8.13. The lowest BCUT2D eigenvalue weighted by molar-refractivity contribution is -0.141. The molecule has 0 spiro atoms. The number of carboxylic acid groups (broad SMARTS) is 1. The van der Waals surface area contributed by atoms with E-state index in [-0.39, 0.29) is 5.91 Å². The number of hydrogen-bond acceptors (Lipinski definition) is 4. The molecule has 1 aliphatic rings. The monoisotopic (exact) mass is 260 g/mol. The summed E-state index contributed by atoms with van der Waals surface area (Å²) < 4.78 is 0. The molecule has 0 aromatic rings. The average molecular weight is 260 g/mol. The molecule has 0 saturated carbocycles. The van der Waals surface area contributed by atoms with Crippen LogP contribution in [0.15, 0.2) is 0 Å². The zero-order valence-corrected chi connectivity index (χ0v) is 10.9. The molecule has 1 heterocycles. The van der Waals surface area contributed by atoms with E-state index in [1.807, 2.05) is 0 Å². The Bertz CT molecular complexity index is 267. The molecule has 6 heteroatoms. The minimum absolute atomic E-state index is 0.178. The topological polar surface area (TPSA) is 78.4 Å². The SMILES string of the molecule is CCC(NC(=O)CSC1CCNCC1)C(=O)O. The molecule has 1 rings (SSSR count). The highest BCUT2D eigenvalue weighted by Crippen LogP contribution is 2.19. The molecular weight excluding hydrogens is 240 g/mol. The predicted molar refractivity (Wildman–Crippen MR) is 68.2 cm³/mol. The van der Waals surface area contributed by atoms with Crippen molar-refractivity contribution in [3.63, 3.8) is 0 Å². The van der Waals surface area contributed by atoms with Gasteiger partial charge in [0.05, 0.1) is 5.75 Å². The highest BCUT2D eigenvalue weighted by Gasteiger charge is 2.19. The second-order valence-corrected chi connectivity index (χ2v) is 5.42. The summed E-state index contributed by atoms with van der Waals surface area (Å²) in [5.41, 5.74) is 0. The standard InChI is InChI=1S/C11H20N2O3S/c1-2-9(11(15)16)13-10(14)7-17-8-3-5-12-6-4-8/h8-9,12H,2-7H2,1H3,(H,13,14)(H,15,16). The maximum absolute atomic E-state index is 11.5. The number of nitrogens with one attached hydrogen (secondary N) is 2. The van der Waals surface area contributed by atoms with Crippen LogP contribution in [0.4, 0.5) is 0 Å². The van der Waals surface area contributed by atoms with Gasteiger partial charge in [0.15, 0.2) is 0 Å². The van der Waals surface area contributed by atoms with Gasteiger partial charge in [-0.1, -0.05) is 6.92 Å². The molecule has 0 aromatic heterocycles.